The standard InChI is InChI=1S/C23H26O5/c1-3-5-12-20(24)27-23(26)21(18-10-7-6-8-11-18)28-22(25)19-15-13-17(9-4-2)14-16-19/h6-8,10-11,13-16,21H,3-5,9,12H2,1-2H3. The Morgan fingerprint density at radius 1 is 0.893 bits per heavy atom. The van der Waals surface area contributed by atoms with Crippen molar-refractivity contribution in [2.45, 2.75) is 52.1 Å². The van der Waals surface area contributed by atoms with E-state index in [0.717, 1.165) is 24.8 Å². The van der Waals surface area contributed by atoms with Crippen molar-refractivity contribution in [1.82, 2.24) is 0 Å². The number of rotatable bonds is 9. The average molecular weight is 382 g/mol. The van der Waals surface area contributed by atoms with Crippen molar-refractivity contribution in [3.63, 3.8) is 0 Å². The largest absolute Gasteiger partial charge is 0.442 e. The summed E-state index contributed by atoms with van der Waals surface area (Å²) >= 11 is 0. The van der Waals surface area contributed by atoms with Gasteiger partial charge in [-0.05, 0) is 30.5 Å². The number of aryl methyl sites for hydroxylation is 1. The first kappa shape index (κ1) is 21.4. The lowest BCUT2D eigenvalue weighted by molar-refractivity contribution is -0.166. The van der Waals surface area contributed by atoms with Crippen LogP contribution in [-0.2, 0) is 25.5 Å². The van der Waals surface area contributed by atoms with Gasteiger partial charge in [0.2, 0.25) is 6.10 Å². The molecule has 0 saturated carbocycles. The molecule has 0 bridgehead atoms. The molecule has 0 aliphatic rings. The van der Waals surface area contributed by atoms with Crippen molar-refractivity contribution in [2.75, 3.05) is 0 Å². The van der Waals surface area contributed by atoms with Crippen LogP contribution in [0.25, 0.3) is 0 Å². The van der Waals surface area contributed by atoms with Crippen molar-refractivity contribution in [1.29, 1.82) is 0 Å². The summed E-state index contributed by atoms with van der Waals surface area (Å²) in [6, 6.07) is 15.6. The van der Waals surface area contributed by atoms with Crippen LogP contribution in [0.2, 0.25) is 0 Å². The van der Waals surface area contributed by atoms with Crippen LogP contribution in [0, 0.1) is 0 Å². The maximum atomic E-state index is 12.5. The number of carbonyl (C=O) groups excluding carboxylic acids is 3. The second-order valence-electron chi connectivity index (χ2n) is 6.54. The van der Waals surface area contributed by atoms with Gasteiger partial charge < -0.3 is 9.47 Å². The summed E-state index contributed by atoms with van der Waals surface area (Å²) in [7, 11) is 0. The first-order chi connectivity index (χ1) is 13.5. The molecule has 1 atom stereocenters. The first-order valence-corrected chi connectivity index (χ1v) is 9.64. The predicted molar refractivity (Wildman–Crippen MR) is 106 cm³/mol. The summed E-state index contributed by atoms with van der Waals surface area (Å²) < 4.78 is 10.3. The van der Waals surface area contributed by atoms with Crippen LogP contribution >= 0.6 is 0 Å². The van der Waals surface area contributed by atoms with Crippen molar-refractivity contribution in [3.8, 4) is 0 Å². The molecule has 0 aliphatic heterocycles. The molecule has 5 nitrogen and oxygen atoms in total. The average Bonchev–Trinajstić information content (AvgIpc) is 2.71. The minimum atomic E-state index is -1.30. The quantitative estimate of drug-likeness (QED) is 0.460. The van der Waals surface area contributed by atoms with Crippen LogP contribution in [0.4, 0.5) is 0 Å². The van der Waals surface area contributed by atoms with Crippen molar-refractivity contribution in [3.05, 3.63) is 71.3 Å². The molecule has 0 amide bonds. The Morgan fingerprint density at radius 2 is 1.57 bits per heavy atom. The molecule has 0 radical (unpaired) electrons. The molecule has 0 aliphatic carbocycles. The molecule has 148 valence electrons. The maximum absolute atomic E-state index is 12.5. The highest BCUT2D eigenvalue weighted by molar-refractivity contribution is 5.94. The second-order valence-corrected chi connectivity index (χ2v) is 6.54. The van der Waals surface area contributed by atoms with Gasteiger partial charge in [0, 0.05) is 12.0 Å². The first-order valence-electron chi connectivity index (χ1n) is 9.64. The molecule has 0 N–H and O–H groups in total. The highest BCUT2D eigenvalue weighted by Crippen LogP contribution is 2.22. The fourth-order valence-corrected chi connectivity index (χ4v) is 2.69. The van der Waals surface area contributed by atoms with Crippen LogP contribution in [0.1, 0.15) is 67.1 Å². The van der Waals surface area contributed by atoms with Crippen molar-refractivity contribution in [2.24, 2.45) is 0 Å². The lowest BCUT2D eigenvalue weighted by Crippen LogP contribution is -2.24. The van der Waals surface area contributed by atoms with Gasteiger partial charge in [0.25, 0.3) is 0 Å². The van der Waals surface area contributed by atoms with E-state index in [-0.39, 0.29) is 6.42 Å². The molecule has 1 unspecified atom stereocenters. The third kappa shape index (κ3) is 6.34. The molecule has 2 rings (SSSR count). The van der Waals surface area contributed by atoms with Crippen LogP contribution in [0.5, 0.6) is 0 Å². The highest BCUT2D eigenvalue weighted by Gasteiger charge is 2.29. The van der Waals surface area contributed by atoms with Gasteiger partial charge in [0.05, 0.1) is 5.56 Å². The van der Waals surface area contributed by atoms with E-state index < -0.39 is 24.0 Å². The molecule has 0 heterocycles. The molecular weight excluding hydrogens is 356 g/mol. The summed E-state index contributed by atoms with van der Waals surface area (Å²) in [5.74, 6) is -2.15. The number of unbranched alkanes of at least 4 members (excludes halogenated alkanes) is 1. The zero-order valence-corrected chi connectivity index (χ0v) is 16.4. The van der Waals surface area contributed by atoms with Gasteiger partial charge in [-0.25, -0.2) is 9.59 Å². The van der Waals surface area contributed by atoms with Crippen LogP contribution in [-0.4, -0.2) is 17.9 Å². The maximum Gasteiger partial charge on any atom is 0.359 e. The van der Waals surface area contributed by atoms with Crippen molar-refractivity contribution < 1.29 is 23.9 Å². The number of ether oxygens (including phenoxy) is 2. The van der Waals surface area contributed by atoms with E-state index in [4.69, 9.17) is 9.47 Å². The van der Waals surface area contributed by atoms with E-state index in [1.807, 2.05) is 19.1 Å². The fraction of sp³-hybridized carbons (Fsp3) is 0.348. The molecule has 2 aromatic rings. The molecule has 0 saturated heterocycles. The Hall–Kier alpha value is -2.95. The highest BCUT2D eigenvalue weighted by atomic mass is 16.6. The molecule has 0 spiro atoms. The Balaban J connectivity index is 2.14. The minimum Gasteiger partial charge on any atom is -0.442 e. The minimum absolute atomic E-state index is 0.149. The van der Waals surface area contributed by atoms with Crippen LogP contribution < -0.4 is 0 Å². The summed E-state index contributed by atoms with van der Waals surface area (Å²) in [6.07, 6.45) is 2.23. The number of esters is 3. The van der Waals surface area contributed by atoms with E-state index in [2.05, 4.69) is 6.92 Å². The van der Waals surface area contributed by atoms with Crippen LogP contribution in [0.3, 0.4) is 0 Å². The molecule has 28 heavy (non-hydrogen) atoms. The van der Waals surface area contributed by atoms with Gasteiger partial charge in [0.15, 0.2) is 0 Å². The fourth-order valence-electron chi connectivity index (χ4n) is 2.69. The Bertz CT molecular complexity index is 780. The zero-order valence-electron chi connectivity index (χ0n) is 16.4. The smallest absolute Gasteiger partial charge is 0.359 e. The Morgan fingerprint density at radius 3 is 2.18 bits per heavy atom. The number of benzene rings is 2. The van der Waals surface area contributed by atoms with Crippen LogP contribution in [0.15, 0.2) is 54.6 Å². The van der Waals surface area contributed by atoms with Gasteiger partial charge in [-0.1, -0.05) is 69.2 Å². The summed E-state index contributed by atoms with van der Waals surface area (Å²) in [4.78, 5) is 36.9. The molecule has 0 fully saturated rings. The topological polar surface area (TPSA) is 69.7 Å². The molecule has 0 aromatic heterocycles. The lowest BCUT2D eigenvalue weighted by atomic mass is 10.1. The van der Waals surface area contributed by atoms with Gasteiger partial charge >= 0.3 is 17.9 Å². The number of hydrogen-bond donors (Lipinski definition) is 0. The lowest BCUT2D eigenvalue weighted by Gasteiger charge is -2.17. The summed E-state index contributed by atoms with van der Waals surface area (Å²) in [5.41, 5.74) is 1.91. The monoisotopic (exact) mass is 382 g/mol. The van der Waals surface area contributed by atoms with E-state index in [0.29, 0.717) is 17.5 Å². The molecule has 5 heteroatoms. The van der Waals surface area contributed by atoms with Gasteiger partial charge in [-0.3, -0.25) is 4.79 Å². The number of hydrogen-bond acceptors (Lipinski definition) is 5. The third-order valence-electron chi connectivity index (χ3n) is 4.22. The third-order valence-corrected chi connectivity index (χ3v) is 4.22. The van der Waals surface area contributed by atoms with Gasteiger partial charge in [-0.2, -0.15) is 0 Å². The molecular formula is C23H26O5. The predicted octanol–water partition coefficient (Wildman–Crippen LogP) is 4.80. The summed E-state index contributed by atoms with van der Waals surface area (Å²) in [5, 5.41) is 0. The Kier molecular flexibility index (Phi) is 8.40. The van der Waals surface area contributed by atoms with E-state index in [1.165, 1.54) is 0 Å². The zero-order chi connectivity index (χ0) is 20.4. The normalized spacial score (nSPS) is 11.5. The van der Waals surface area contributed by atoms with Gasteiger partial charge in [0.1, 0.15) is 0 Å². The SMILES string of the molecule is CCCCC(=O)OC(=O)C(OC(=O)c1ccc(CCC)cc1)c1ccccc1. The second kappa shape index (κ2) is 11.0. The molecule has 2 aromatic carbocycles. The van der Waals surface area contributed by atoms with Gasteiger partial charge in [-0.15, -0.1) is 0 Å². The van der Waals surface area contributed by atoms with E-state index >= 15 is 0 Å². The van der Waals surface area contributed by atoms with E-state index in [9.17, 15) is 14.4 Å². The number of carbonyl (C=O) groups is 3. The summed E-state index contributed by atoms with van der Waals surface area (Å²) in [6.45, 7) is 4.02. The van der Waals surface area contributed by atoms with Crippen molar-refractivity contribution >= 4 is 17.9 Å². The Labute approximate surface area is 165 Å². The van der Waals surface area contributed by atoms with E-state index in [1.54, 1.807) is 42.5 Å².